The number of hydrogen-bond donors (Lipinski definition) is 1. The van der Waals surface area contributed by atoms with Crippen molar-refractivity contribution in [3.05, 3.63) is 69.6 Å². The van der Waals surface area contributed by atoms with Gasteiger partial charge >= 0.3 is 5.97 Å². The van der Waals surface area contributed by atoms with Gasteiger partial charge in [0.2, 0.25) is 0 Å². The molecule has 0 aliphatic carbocycles. The van der Waals surface area contributed by atoms with Crippen molar-refractivity contribution in [3.63, 3.8) is 0 Å². The van der Waals surface area contributed by atoms with E-state index in [1.54, 1.807) is 6.92 Å². The molecule has 0 radical (unpaired) electrons. The van der Waals surface area contributed by atoms with Crippen molar-refractivity contribution in [2.75, 3.05) is 18.5 Å². The molecule has 0 saturated heterocycles. The topological polar surface area (TPSA) is 64.6 Å². The number of amides is 1. The summed E-state index contributed by atoms with van der Waals surface area (Å²) in [7, 11) is 0. The molecule has 0 unspecified atom stereocenters. The Morgan fingerprint density at radius 2 is 1.65 bits per heavy atom. The number of ether oxygens (including phenoxy) is 2. The van der Waals surface area contributed by atoms with Crippen LogP contribution in [-0.2, 0) is 9.53 Å². The molecule has 3 aromatic rings. The van der Waals surface area contributed by atoms with Crippen LogP contribution in [0.1, 0.15) is 39.5 Å². The average Bonchev–Trinajstić information content (AvgIpc) is 3.12. The third-order valence-corrected chi connectivity index (χ3v) is 5.79. The first-order chi connectivity index (χ1) is 14.8. The van der Waals surface area contributed by atoms with E-state index in [4.69, 9.17) is 9.47 Å². The van der Waals surface area contributed by atoms with E-state index >= 15 is 0 Å². The highest BCUT2D eigenvalue weighted by Gasteiger charge is 2.23. The lowest BCUT2D eigenvalue weighted by molar-refractivity contribution is -0.118. The summed E-state index contributed by atoms with van der Waals surface area (Å²) in [6.07, 6.45) is 0. The van der Waals surface area contributed by atoms with Gasteiger partial charge in [-0.1, -0.05) is 35.9 Å². The Morgan fingerprint density at radius 1 is 0.935 bits per heavy atom. The van der Waals surface area contributed by atoms with E-state index in [1.165, 1.54) is 11.3 Å². The van der Waals surface area contributed by atoms with Crippen LogP contribution in [0.2, 0.25) is 0 Å². The lowest BCUT2D eigenvalue weighted by Gasteiger charge is -2.12. The van der Waals surface area contributed by atoms with Crippen LogP contribution in [-0.4, -0.2) is 25.1 Å². The summed E-state index contributed by atoms with van der Waals surface area (Å²) >= 11 is 1.31. The molecule has 3 rings (SSSR count). The Kier molecular flexibility index (Phi) is 7.13. The number of benzene rings is 2. The third-order valence-electron chi connectivity index (χ3n) is 4.90. The highest BCUT2D eigenvalue weighted by Crippen LogP contribution is 2.38. The normalized spacial score (nSPS) is 10.6. The van der Waals surface area contributed by atoms with Gasteiger partial charge in [-0.3, -0.25) is 4.79 Å². The fourth-order valence-electron chi connectivity index (χ4n) is 3.34. The first-order valence-electron chi connectivity index (χ1n) is 10.2. The number of rotatable bonds is 7. The molecule has 1 heterocycles. The van der Waals surface area contributed by atoms with Crippen LogP contribution in [0.5, 0.6) is 5.75 Å². The molecule has 0 spiro atoms. The van der Waals surface area contributed by atoms with Crippen molar-refractivity contribution in [1.29, 1.82) is 0 Å². The molecule has 0 atom stereocenters. The minimum atomic E-state index is -0.454. The van der Waals surface area contributed by atoms with Crippen LogP contribution in [0.15, 0.2) is 41.8 Å². The minimum Gasteiger partial charge on any atom is -0.483 e. The van der Waals surface area contributed by atoms with E-state index in [0.29, 0.717) is 16.3 Å². The predicted molar refractivity (Wildman–Crippen MR) is 125 cm³/mol. The van der Waals surface area contributed by atoms with Gasteiger partial charge in [0.15, 0.2) is 6.61 Å². The molecule has 0 aliphatic rings. The summed E-state index contributed by atoms with van der Waals surface area (Å²) in [5.41, 5.74) is 6.29. The van der Waals surface area contributed by atoms with Gasteiger partial charge in [-0.2, -0.15) is 0 Å². The molecule has 0 bridgehead atoms. The van der Waals surface area contributed by atoms with E-state index in [-0.39, 0.29) is 19.1 Å². The Bertz CT molecular complexity index is 1120. The number of hydrogen-bond acceptors (Lipinski definition) is 5. The van der Waals surface area contributed by atoms with Crippen LogP contribution in [0.4, 0.5) is 5.00 Å². The van der Waals surface area contributed by atoms with E-state index in [0.717, 1.165) is 33.4 Å². The molecular formula is C25H27NO4S. The van der Waals surface area contributed by atoms with Gasteiger partial charge in [-0.15, -0.1) is 11.3 Å². The van der Waals surface area contributed by atoms with Gasteiger partial charge in [-0.05, 0) is 62.9 Å². The lowest BCUT2D eigenvalue weighted by Crippen LogP contribution is -2.21. The van der Waals surface area contributed by atoms with Crippen LogP contribution >= 0.6 is 11.3 Å². The number of carbonyl (C=O) groups excluding carboxylic acids is 2. The zero-order valence-corrected chi connectivity index (χ0v) is 19.3. The zero-order valence-electron chi connectivity index (χ0n) is 18.5. The number of esters is 1. The molecule has 0 fully saturated rings. The van der Waals surface area contributed by atoms with E-state index in [2.05, 4.69) is 11.4 Å². The second kappa shape index (κ2) is 9.79. The first kappa shape index (κ1) is 22.6. The number of thiophene rings is 1. The summed E-state index contributed by atoms with van der Waals surface area (Å²) in [5.74, 6) is -0.118. The Hall–Kier alpha value is -3.12. The maximum atomic E-state index is 12.7. The molecule has 31 heavy (non-hydrogen) atoms. The molecule has 1 N–H and O–H groups in total. The molecule has 162 valence electrons. The third kappa shape index (κ3) is 5.33. The summed E-state index contributed by atoms with van der Waals surface area (Å²) in [6, 6.07) is 11.9. The summed E-state index contributed by atoms with van der Waals surface area (Å²) in [6.45, 7) is 9.80. The zero-order chi connectivity index (χ0) is 22.5. The van der Waals surface area contributed by atoms with Crippen LogP contribution in [0, 0.1) is 27.7 Å². The van der Waals surface area contributed by atoms with Gasteiger partial charge in [0.1, 0.15) is 16.3 Å². The average molecular weight is 438 g/mol. The monoisotopic (exact) mass is 437 g/mol. The largest absolute Gasteiger partial charge is 0.483 e. The summed E-state index contributed by atoms with van der Waals surface area (Å²) in [5, 5.41) is 5.17. The Morgan fingerprint density at radius 3 is 2.35 bits per heavy atom. The molecule has 5 nitrogen and oxygen atoms in total. The molecule has 1 amide bonds. The Balaban J connectivity index is 1.85. The van der Waals surface area contributed by atoms with Gasteiger partial charge in [-0.25, -0.2) is 4.79 Å². The second-order valence-electron chi connectivity index (χ2n) is 7.50. The number of anilines is 1. The molecule has 1 aromatic heterocycles. The molecule has 0 saturated carbocycles. The predicted octanol–water partition coefficient (Wildman–Crippen LogP) is 5.84. The van der Waals surface area contributed by atoms with Crippen molar-refractivity contribution in [3.8, 4) is 16.9 Å². The van der Waals surface area contributed by atoms with Crippen molar-refractivity contribution < 1.29 is 19.1 Å². The minimum absolute atomic E-state index is 0.149. The van der Waals surface area contributed by atoms with Crippen LogP contribution in [0.25, 0.3) is 11.1 Å². The van der Waals surface area contributed by atoms with Crippen LogP contribution < -0.4 is 10.1 Å². The van der Waals surface area contributed by atoms with Crippen molar-refractivity contribution in [2.45, 2.75) is 34.6 Å². The fraction of sp³-hybridized carbons (Fsp3) is 0.280. The van der Waals surface area contributed by atoms with Crippen LogP contribution in [0.3, 0.4) is 0 Å². The molecule has 6 heteroatoms. The van der Waals surface area contributed by atoms with E-state index < -0.39 is 5.97 Å². The number of nitrogens with one attached hydrogen (secondary N) is 1. The summed E-state index contributed by atoms with van der Waals surface area (Å²) < 4.78 is 11.0. The summed E-state index contributed by atoms with van der Waals surface area (Å²) in [4.78, 5) is 25.3. The second-order valence-corrected chi connectivity index (χ2v) is 8.38. The maximum absolute atomic E-state index is 12.7. The van der Waals surface area contributed by atoms with E-state index in [1.807, 2.05) is 63.4 Å². The number of carbonyl (C=O) groups is 2. The highest BCUT2D eigenvalue weighted by atomic mass is 32.1. The Labute approximate surface area is 187 Å². The van der Waals surface area contributed by atoms with Gasteiger partial charge < -0.3 is 14.8 Å². The standard InChI is InChI=1S/C25H27NO4S/c1-6-29-25(28)23-20(19-10-8-15(2)11-18(19)5)14-31-24(23)26-22(27)13-30-21-12-16(3)7-9-17(21)4/h7-12,14H,6,13H2,1-5H3,(H,26,27). The SMILES string of the molecule is CCOC(=O)c1c(-c2ccc(C)cc2C)csc1NC(=O)COc1cc(C)ccc1C. The smallest absolute Gasteiger partial charge is 0.341 e. The first-order valence-corrected chi connectivity index (χ1v) is 11.0. The van der Waals surface area contributed by atoms with Gasteiger partial charge in [0.25, 0.3) is 5.91 Å². The van der Waals surface area contributed by atoms with Gasteiger partial charge in [0.05, 0.1) is 6.61 Å². The van der Waals surface area contributed by atoms with Crippen molar-refractivity contribution in [2.24, 2.45) is 0 Å². The number of aryl methyl sites for hydroxylation is 4. The van der Waals surface area contributed by atoms with Crippen molar-refractivity contribution >= 4 is 28.2 Å². The molecule has 0 aliphatic heterocycles. The molecule has 2 aromatic carbocycles. The molecular weight excluding hydrogens is 410 g/mol. The quantitative estimate of drug-likeness (QED) is 0.472. The maximum Gasteiger partial charge on any atom is 0.341 e. The highest BCUT2D eigenvalue weighted by molar-refractivity contribution is 7.15. The van der Waals surface area contributed by atoms with Crippen molar-refractivity contribution in [1.82, 2.24) is 0 Å². The van der Waals surface area contributed by atoms with E-state index in [9.17, 15) is 9.59 Å². The van der Waals surface area contributed by atoms with Gasteiger partial charge in [0, 0.05) is 10.9 Å². The lowest BCUT2D eigenvalue weighted by atomic mass is 9.97. The fourth-order valence-corrected chi connectivity index (χ4v) is 4.30.